The summed E-state index contributed by atoms with van der Waals surface area (Å²) < 4.78 is 26.0. The van der Waals surface area contributed by atoms with E-state index < -0.39 is 22.0 Å². The Bertz CT molecular complexity index is 1060. The summed E-state index contributed by atoms with van der Waals surface area (Å²) in [6.45, 7) is 2.89. The first-order valence-corrected chi connectivity index (χ1v) is 12.9. The summed E-state index contributed by atoms with van der Waals surface area (Å²) >= 11 is 5.92. The topological polar surface area (TPSA) is 86.8 Å². The van der Waals surface area contributed by atoms with Crippen molar-refractivity contribution in [3.8, 4) is 0 Å². The van der Waals surface area contributed by atoms with Gasteiger partial charge in [-0.15, -0.1) is 0 Å². The molecule has 0 saturated carbocycles. The molecule has 1 atom stereocenters. The third kappa shape index (κ3) is 5.81. The molecule has 0 aliphatic carbocycles. The fourth-order valence-corrected chi connectivity index (χ4v) is 5.16. The van der Waals surface area contributed by atoms with Gasteiger partial charge in [-0.25, -0.2) is 8.42 Å². The van der Waals surface area contributed by atoms with Crippen LogP contribution >= 0.6 is 11.6 Å². The summed E-state index contributed by atoms with van der Waals surface area (Å²) in [7, 11) is -3.76. The lowest BCUT2D eigenvalue weighted by Gasteiger charge is -2.28. The highest BCUT2D eigenvalue weighted by molar-refractivity contribution is 7.92. The number of halogens is 1. The zero-order chi connectivity index (χ0) is 23.3. The molecule has 2 amide bonds. The zero-order valence-corrected chi connectivity index (χ0v) is 19.8. The van der Waals surface area contributed by atoms with Crippen LogP contribution in [0.2, 0.25) is 5.02 Å². The maximum Gasteiger partial charge on any atom is 0.255 e. The highest BCUT2D eigenvalue weighted by Crippen LogP contribution is 2.25. The van der Waals surface area contributed by atoms with E-state index in [1.807, 2.05) is 4.90 Å². The van der Waals surface area contributed by atoms with Crippen molar-refractivity contribution in [2.75, 3.05) is 29.0 Å². The fourth-order valence-electron chi connectivity index (χ4n) is 3.86. The minimum Gasteiger partial charge on any atom is -0.339 e. The number of hydrogen-bond donors (Lipinski definition) is 1. The molecule has 32 heavy (non-hydrogen) atoms. The van der Waals surface area contributed by atoms with Gasteiger partial charge in [-0.05, 0) is 56.2 Å². The Labute approximate surface area is 194 Å². The van der Waals surface area contributed by atoms with Crippen LogP contribution in [0.1, 0.15) is 43.0 Å². The van der Waals surface area contributed by atoms with Gasteiger partial charge in [0.15, 0.2) is 0 Å². The van der Waals surface area contributed by atoms with Crippen LogP contribution in [-0.2, 0) is 14.8 Å². The van der Waals surface area contributed by atoms with Gasteiger partial charge >= 0.3 is 0 Å². The Morgan fingerprint density at radius 1 is 1.00 bits per heavy atom. The summed E-state index contributed by atoms with van der Waals surface area (Å²) in [5, 5.41) is 3.22. The second-order valence-electron chi connectivity index (χ2n) is 7.95. The van der Waals surface area contributed by atoms with Crippen molar-refractivity contribution < 1.29 is 18.0 Å². The van der Waals surface area contributed by atoms with Gasteiger partial charge in [0.2, 0.25) is 15.9 Å². The van der Waals surface area contributed by atoms with Gasteiger partial charge in [0.05, 0.1) is 23.2 Å². The van der Waals surface area contributed by atoms with E-state index in [-0.39, 0.29) is 5.91 Å². The van der Waals surface area contributed by atoms with E-state index in [0.29, 0.717) is 35.1 Å². The third-order valence-corrected chi connectivity index (χ3v) is 6.97. The molecule has 1 saturated heterocycles. The molecule has 0 spiro atoms. The summed E-state index contributed by atoms with van der Waals surface area (Å²) in [5.41, 5.74) is 1.09. The number of carbonyl (C=O) groups is 2. The molecule has 2 aromatic carbocycles. The Morgan fingerprint density at radius 2 is 1.59 bits per heavy atom. The molecule has 1 N–H and O–H groups in total. The van der Waals surface area contributed by atoms with Gasteiger partial charge in [-0.2, -0.15) is 0 Å². The van der Waals surface area contributed by atoms with Crippen molar-refractivity contribution >= 4 is 44.8 Å². The molecule has 1 heterocycles. The molecular formula is C23H28ClN3O4S. The number of carbonyl (C=O) groups excluding carboxylic acids is 2. The number of hydrogen-bond acceptors (Lipinski definition) is 4. The van der Waals surface area contributed by atoms with Crippen LogP contribution in [0.3, 0.4) is 0 Å². The van der Waals surface area contributed by atoms with Crippen LogP contribution in [0.15, 0.2) is 48.5 Å². The summed E-state index contributed by atoms with van der Waals surface area (Å²) in [6.07, 6.45) is 5.17. The van der Waals surface area contributed by atoms with Crippen LogP contribution < -0.4 is 9.62 Å². The Hall–Kier alpha value is -2.58. The van der Waals surface area contributed by atoms with Gasteiger partial charge in [0, 0.05) is 18.1 Å². The van der Waals surface area contributed by atoms with Crippen molar-refractivity contribution in [1.29, 1.82) is 0 Å². The van der Waals surface area contributed by atoms with Crippen molar-refractivity contribution in [3.63, 3.8) is 0 Å². The number of sulfonamides is 1. The number of likely N-dealkylation sites (tertiary alicyclic amines) is 1. The molecule has 1 fully saturated rings. The summed E-state index contributed by atoms with van der Waals surface area (Å²) in [6, 6.07) is 12.0. The molecule has 172 valence electrons. The van der Waals surface area contributed by atoms with Crippen LogP contribution in [0, 0.1) is 0 Å². The average molecular weight is 478 g/mol. The fraction of sp³-hybridized carbons (Fsp3) is 0.391. The lowest BCUT2D eigenvalue weighted by atomic mass is 10.1. The highest BCUT2D eigenvalue weighted by Gasteiger charge is 2.30. The lowest BCUT2D eigenvalue weighted by molar-refractivity contribution is -0.116. The Balaban J connectivity index is 1.84. The van der Waals surface area contributed by atoms with E-state index in [1.54, 1.807) is 48.5 Å². The summed E-state index contributed by atoms with van der Waals surface area (Å²) in [4.78, 5) is 28.0. The van der Waals surface area contributed by atoms with Gasteiger partial charge in [0.1, 0.15) is 6.04 Å². The monoisotopic (exact) mass is 477 g/mol. The van der Waals surface area contributed by atoms with E-state index in [1.165, 1.54) is 6.92 Å². The van der Waals surface area contributed by atoms with Gasteiger partial charge in [-0.3, -0.25) is 13.9 Å². The maximum atomic E-state index is 13.1. The van der Waals surface area contributed by atoms with Crippen LogP contribution in [-0.4, -0.2) is 50.5 Å². The lowest BCUT2D eigenvalue weighted by Crippen LogP contribution is -2.45. The second-order valence-corrected chi connectivity index (χ2v) is 10.2. The molecule has 0 bridgehead atoms. The minimum absolute atomic E-state index is 0.131. The predicted molar refractivity (Wildman–Crippen MR) is 128 cm³/mol. The number of nitrogens with zero attached hydrogens (tertiary/aromatic N) is 2. The first-order chi connectivity index (χ1) is 15.2. The Morgan fingerprint density at radius 3 is 2.19 bits per heavy atom. The summed E-state index contributed by atoms with van der Waals surface area (Å²) in [5.74, 6) is -0.672. The molecule has 2 aromatic rings. The van der Waals surface area contributed by atoms with Crippen molar-refractivity contribution in [2.45, 2.75) is 38.6 Å². The number of rotatable bonds is 6. The number of para-hydroxylation sites is 1. The molecule has 0 aromatic heterocycles. The molecule has 7 nitrogen and oxygen atoms in total. The normalized spacial score (nSPS) is 15.5. The van der Waals surface area contributed by atoms with Crippen molar-refractivity contribution in [1.82, 2.24) is 4.90 Å². The Kier molecular flexibility index (Phi) is 7.79. The largest absolute Gasteiger partial charge is 0.339 e. The van der Waals surface area contributed by atoms with E-state index in [9.17, 15) is 18.0 Å². The number of nitrogens with one attached hydrogen (secondary N) is 1. The number of amides is 2. The van der Waals surface area contributed by atoms with Crippen molar-refractivity contribution in [2.24, 2.45) is 0 Å². The van der Waals surface area contributed by atoms with Gasteiger partial charge in [-0.1, -0.05) is 36.6 Å². The average Bonchev–Trinajstić information content (AvgIpc) is 3.04. The van der Waals surface area contributed by atoms with Gasteiger partial charge < -0.3 is 10.2 Å². The molecule has 0 radical (unpaired) electrons. The predicted octanol–water partition coefficient (Wildman–Crippen LogP) is 4.15. The highest BCUT2D eigenvalue weighted by atomic mass is 35.5. The van der Waals surface area contributed by atoms with E-state index >= 15 is 0 Å². The first kappa shape index (κ1) is 24.1. The maximum absolute atomic E-state index is 13.1. The van der Waals surface area contributed by atoms with E-state index in [4.69, 9.17) is 11.6 Å². The second kappa shape index (κ2) is 10.4. The molecule has 9 heteroatoms. The smallest absolute Gasteiger partial charge is 0.255 e. The third-order valence-electron chi connectivity index (χ3n) is 5.48. The standard InChI is InChI=1S/C23H28ClN3O4S/c1-17(27(32(2,30)31)19-13-11-18(24)12-14-19)22(28)25-21-10-6-5-9-20(21)23(29)26-15-7-3-4-8-16-26/h5-6,9-14,17H,3-4,7-8,15-16H2,1-2H3,(H,25,28)/t17-/m1/s1. The molecule has 1 aliphatic heterocycles. The van der Waals surface area contributed by atoms with Crippen LogP contribution in [0.5, 0.6) is 0 Å². The number of anilines is 2. The van der Waals surface area contributed by atoms with Gasteiger partial charge in [0.25, 0.3) is 5.91 Å². The quantitative estimate of drug-likeness (QED) is 0.677. The van der Waals surface area contributed by atoms with Crippen LogP contribution in [0.25, 0.3) is 0 Å². The van der Waals surface area contributed by atoms with Crippen molar-refractivity contribution in [3.05, 3.63) is 59.1 Å². The SMILES string of the molecule is C[C@H](C(=O)Nc1ccccc1C(=O)N1CCCCCC1)N(c1ccc(Cl)cc1)S(C)(=O)=O. The molecule has 3 rings (SSSR count). The van der Waals surface area contributed by atoms with E-state index in [0.717, 1.165) is 36.2 Å². The zero-order valence-electron chi connectivity index (χ0n) is 18.3. The molecule has 1 aliphatic rings. The van der Waals surface area contributed by atoms with E-state index in [2.05, 4.69) is 5.32 Å². The molecular weight excluding hydrogens is 450 g/mol. The number of benzene rings is 2. The molecule has 0 unspecified atom stereocenters. The minimum atomic E-state index is -3.76. The first-order valence-electron chi connectivity index (χ1n) is 10.6. The van der Waals surface area contributed by atoms with Crippen LogP contribution in [0.4, 0.5) is 11.4 Å².